The number of ether oxygens (including phenoxy) is 2. The van der Waals surface area contributed by atoms with Crippen molar-refractivity contribution >= 4 is 22.1 Å². The van der Waals surface area contributed by atoms with Crippen molar-refractivity contribution in [2.45, 2.75) is 90.7 Å². The van der Waals surface area contributed by atoms with Gasteiger partial charge < -0.3 is 9.47 Å². The molecule has 0 aliphatic heterocycles. The lowest BCUT2D eigenvalue weighted by atomic mass is 10.0. The van der Waals surface area contributed by atoms with Crippen LogP contribution in [0.3, 0.4) is 0 Å². The number of carbonyl (C=O) groups excluding carboxylic acids is 2. The Morgan fingerprint density at radius 2 is 1.32 bits per heavy atom. The van der Waals surface area contributed by atoms with Crippen LogP contribution in [-0.4, -0.2) is 43.4 Å². The Bertz CT molecular complexity index is 545. The number of hydrogen-bond acceptors (Lipinski definition) is 6. The van der Waals surface area contributed by atoms with Gasteiger partial charge >= 0.3 is 11.9 Å². The van der Waals surface area contributed by atoms with E-state index in [1.165, 1.54) is 0 Å². The molecule has 0 aromatic carbocycles. The molecule has 0 saturated heterocycles. The average Bonchev–Trinajstić information content (AvgIpc) is 2.65. The Kier molecular flexibility index (Phi) is 14.2. The molecular formula is C20H38O7S. The van der Waals surface area contributed by atoms with E-state index >= 15 is 0 Å². The summed E-state index contributed by atoms with van der Waals surface area (Å²) < 4.78 is 42.8. The number of rotatable bonds is 16. The fourth-order valence-corrected chi connectivity index (χ4v) is 3.48. The van der Waals surface area contributed by atoms with Crippen LogP contribution in [0.2, 0.25) is 0 Å². The fourth-order valence-electron chi connectivity index (χ4n) is 2.82. The zero-order chi connectivity index (χ0) is 21.6. The summed E-state index contributed by atoms with van der Waals surface area (Å²) in [7, 11) is -4.76. The summed E-state index contributed by atoms with van der Waals surface area (Å²) in [4.78, 5) is 24.2. The van der Waals surface area contributed by atoms with Gasteiger partial charge in [0, 0.05) is 0 Å². The van der Waals surface area contributed by atoms with E-state index in [2.05, 4.69) is 13.8 Å². The molecular weight excluding hydrogens is 384 g/mol. The molecule has 0 saturated carbocycles. The molecule has 0 aliphatic rings. The Hall–Kier alpha value is -1.15. The smallest absolute Gasteiger partial charge is 0.327 e. The molecule has 0 spiro atoms. The maximum atomic E-state index is 12.2. The Morgan fingerprint density at radius 3 is 1.71 bits per heavy atom. The minimum absolute atomic E-state index is 0.0747. The van der Waals surface area contributed by atoms with Gasteiger partial charge in [-0.05, 0) is 24.7 Å². The predicted molar refractivity (Wildman–Crippen MR) is 108 cm³/mol. The zero-order valence-corrected chi connectivity index (χ0v) is 18.6. The van der Waals surface area contributed by atoms with Crippen LogP contribution in [0.4, 0.5) is 0 Å². The summed E-state index contributed by atoms with van der Waals surface area (Å²) in [5, 5.41) is -1.95. The van der Waals surface area contributed by atoms with Gasteiger partial charge in [-0.25, -0.2) is 0 Å². The zero-order valence-electron chi connectivity index (χ0n) is 17.8. The van der Waals surface area contributed by atoms with Crippen LogP contribution in [0.1, 0.15) is 85.5 Å². The summed E-state index contributed by atoms with van der Waals surface area (Å²) in [6.07, 6.45) is 6.74. The van der Waals surface area contributed by atoms with Crippen molar-refractivity contribution < 1.29 is 32.0 Å². The van der Waals surface area contributed by atoms with E-state index in [9.17, 15) is 22.6 Å². The van der Waals surface area contributed by atoms with Gasteiger partial charge in [-0.3, -0.25) is 14.1 Å². The SMILES string of the molecule is CCCC[C@@H](CC)COC(=O)CC(C(=O)OC[C@@H](CC)CCCC)S(=O)(=O)O. The Morgan fingerprint density at radius 1 is 0.857 bits per heavy atom. The molecule has 8 heteroatoms. The van der Waals surface area contributed by atoms with Crippen molar-refractivity contribution in [3.05, 3.63) is 0 Å². The van der Waals surface area contributed by atoms with Crippen LogP contribution < -0.4 is 0 Å². The third-order valence-corrected chi connectivity index (χ3v) is 6.08. The molecule has 3 atom stereocenters. The van der Waals surface area contributed by atoms with E-state index in [0.29, 0.717) is 0 Å². The van der Waals surface area contributed by atoms with E-state index in [1.54, 1.807) is 0 Å². The first-order chi connectivity index (χ1) is 13.2. The Balaban J connectivity index is 4.73. The molecule has 1 unspecified atom stereocenters. The predicted octanol–water partition coefficient (Wildman–Crippen LogP) is 4.15. The highest BCUT2D eigenvalue weighted by molar-refractivity contribution is 7.87. The van der Waals surface area contributed by atoms with Gasteiger partial charge in [0.15, 0.2) is 5.25 Å². The molecule has 0 heterocycles. The maximum Gasteiger partial charge on any atom is 0.327 e. The largest absolute Gasteiger partial charge is 0.465 e. The number of hydrogen-bond donors (Lipinski definition) is 1. The van der Waals surface area contributed by atoms with Crippen LogP contribution in [-0.2, 0) is 29.2 Å². The molecule has 0 rings (SSSR count). The van der Waals surface area contributed by atoms with Crippen molar-refractivity contribution in [1.29, 1.82) is 0 Å². The summed E-state index contributed by atoms with van der Waals surface area (Å²) in [5.74, 6) is -1.61. The van der Waals surface area contributed by atoms with Crippen LogP contribution in [0, 0.1) is 11.8 Å². The molecule has 0 aliphatic carbocycles. The van der Waals surface area contributed by atoms with Gasteiger partial charge in [-0.15, -0.1) is 0 Å². The minimum atomic E-state index is -4.76. The van der Waals surface area contributed by atoms with Crippen molar-refractivity contribution in [2.75, 3.05) is 13.2 Å². The average molecular weight is 423 g/mol. The molecule has 0 amide bonds. The van der Waals surface area contributed by atoms with Crippen molar-refractivity contribution in [3.63, 3.8) is 0 Å². The van der Waals surface area contributed by atoms with Crippen molar-refractivity contribution in [1.82, 2.24) is 0 Å². The van der Waals surface area contributed by atoms with Crippen molar-refractivity contribution in [2.24, 2.45) is 11.8 Å². The number of unbranched alkanes of at least 4 members (excludes halogenated alkanes) is 2. The molecule has 0 bridgehead atoms. The summed E-state index contributed by atoms with van der Waals surface area (Å²) >= 11 is 0. The number of esters is 2. The third kappa shape index (κ3) is 11.6. The lowest BCUT2D eigenvalue weighted by Crippen LogP contribution is -2.35. The molecule has 0 radical (unpaired) electrons. The van der Waals surface area contributed by atoms with Gasteiger partial charge in [0.1, 0.15) is 0 Å². The molecule has 28 heavy (non-hydrogen) atoms. The van der Waals surface area contributed by atoms with Gasteiger partial charge in [0.05, 0.1) is 19.6 Å². The van der Waals surface area contributed by atoms with Gasteiger partial charge in [-0.1, -0.05) is 66.2 Å². The molecule has 1 N–H and O–H groups in total. The molecule has 0 aromatic heterocycles. The first-order valence-electron chi connectivity index (χ1n) is 10.5. The van der Waals surface area contributed by atoms with Crippen LogP contribution in [0.15, 0.2) is 0 Å². The second-order valence-corrected chi connectivity index (χ2v) is 8.95. The molecule has 166 valence electrons. The van der Waals surface area contributed by atoms with Crippen molar-refractivity contribution in [3.8, 4) is 0 Å². The van der Waals surface area contributed by atoms with E-state index in [1.807, 2.05) is 13.8 Å². The molecule has 0 aromatic rings. The standard InChI is InChI=1S/C20H38O7S/c1-5-9-11-16(7-3)14-26-19(21)13-18(28(23,24)25)20(22)27-15-17(8-4)12-10-6-2/h16-18H,5-15H2,1-4H3,(H,23,24,25)/t16-,17+,18?/m1/s1. The van der Waals surface area contributed by atoms with Crippen LogP contribution in [0.5, 0.6) is 0 Å². The van der Waals surface area contributed by atoms with Gasteiger partial charge in [-0.2, -0.15) is 8.42 Å². The summed E-state index contributed by atoms with van der Waals surface area (Å²) in [6, 6.07) is 0. The van der Waals surface area contributed by atoms with E-state index in [4.69, 9.17) is 9.47 Å². The second-order valence-electron chi connectivity index (χ2n) is 7.35. The van der Waals surface area contributed by atoms with E-state index < -0.39 is 33.7 Å². The molecule has 0 fully saturated rings. The highest BCUT2D eigenvalue weighted by Gasteiger charge is 2.36. The first-order valence-corrected chi connectivity index (χ1v) is 12.0. The van der Waals surface area contributed by atoms with Crippen LogP contribution in [0.25, 0.3) is 0 Å². The fraction of sp³-hybridized carbons (Fsp3) is 0.900. The normalized spacial score (nSPS) is 14.9. The minimum Gasteiger partial charge on any atom is -0.465 e. The first kappa shape index (κ1) is 26.9. The second kappa shape index (κ2) is 14.8. The lowest BCUT2D eigenvalue weighted by Gasteiger charge is -2.18. The number of carbonyl (C=O) groups is 2. The van der Waals surface area contributed by atoms with Gasteiger partial charge in [0.25, 0.3) is 10.1 Å². The highest BCUT2D eigenvalue weighted by atomic mass is 32.2. The van der Waals surface area contributed by atoms with Gasteiger partial charge in [0.2, 0.25) is 0 Å². The third-order valence-electron chi connectivity index (χ3n) is 5.00. The van der Waals surface area contributed by atoms with E-state index in [0.717, 1.165) is 51.4 Å². The lowest BCUT2D eigenvalue weighted by molar-refractivity contribution is -0.151. The summed E-state index contributed by atoms with van der Waals surface area (Å²) in [6.45, 7) is 8.35. The Labute approximate surface area is 170 Å². The highest BCUT2D eigenvalue weighted by Crippen LogP contribution is 2.17. The molecule has 7 nitrogen and oxygen atoms in total. The van der Waals surface area contributed by atoms with Crippen LogP contribution >= 0.6 is 0 Å². The monoisotopic (exact) mass is 422 g/mol. The quantitative estimate of drug-likeness (QED) is 0.294. The topological polar surface area (TPSA) is 107 Å². The summed E-state index contributed by atoms with van der Waals surface area (Å²) in [5.41, 5.74) is 0. The van der Waals surface area contributed by atoms with E-state index in [-0.39, 0.29) is 25.0 Å². The maximum absolute atomic E-state index is 12.2.